The average Bonchev–Trinajstić information content (AvgIpc) is 2.45. The number of aromatic nitrogens is 2. The highest BCUT2D eigenvalue weighted by Gasteiger charge is 2.29. The fourth-order valence-electron chi connectivity index (χ4n) is 1.37. The van der Waals surface area contributed by atoms with Crippen molar-refractivity contribution in [3.05, 3.63) is 17.5 Å². The van der Waals surface area contributed by atoms with E-state index in [1.165, 1.54) is 12.4 Å². The molecule has 1 saturated heterocycles. The smallest absolute Gasteiger partial charge is 0.229 e. The van der Waals surface area contributed by atoms with Crippen LogP contribution in [0.4, 0.5) is 5.82 Å². The molecular formula is C8H8ClN3OS. The maximum absolute atomic E-state index is 11.5. The lowest BCUT2D eigenvalue weighted by atomic mass is 10.4. The Morgan fingerprint density at radius 3 is 2.93 bits per heavy atom. The minimum absolute atomic E-state index is 0.0153. The number of halogens is 1. The zero-order valence-electron chi connectivity index (χ0n) is 7.22. The summed E-state index contributed by atoms with van der Waals surface area (Å²) in [6.45, 7) is 0.566. The van der Waals surface area contributed by atoms with Gasteiger partial charge in [0.15, 0.2) is 5.82 Å². The Balaban J connectivity index is 2.27. The Morgan fingerprint density at radius 2 is 2.36 bits per heavy atom. The van der Waals surface area contributed by atoms with Crippen LogP contribution in [0.1, 0.15) is 6.42 Å². The van der Waals surface area contributed by atoms with Crippen molar-refractivity contribution in [3.8, 4) is 0 Å². The van der Waals surface area contributed by atoms with Crippen molar-refractivity contribution in [2.45, 2.75) is 11.7 Å². The second-order valence-electron chi connectivity index (χ2n) is 3.06. The highest BCUT2D eigenvalue weighted by molar-refractivity contribution is 7.81. The predicted molar refractivity (Wildman–Crippen MR) is 56.8 cm³/mol. The highest BCUT2D eigenvalue weighted by Crippen LogP contribution is 2.22. The number of thiol groups is 1. The third kappa shape index (κ3) is 1.83. The summed E-state index contributed by atoms with van der Waals surface area (Å²) in [7, 11) is 0. The first-order valence-electron chi connectivity index (χ1n) is 4.13. The minimum atomic E-state index is 0.0153. The zero-order chi connectivity index (χ0) is 10.1. The van der Waals surface area contributed by atoms with E-state index in [1.807, 2.05) is 0 Å². The van der Waals surface area contributed by atoms with Gasteiger partial charge in [-0.25, -0.2) is 4.98 Å². The first-order valence-corrected chi connectivity index (χ1v) is 5.02. The van der Waals surface area contributed by atoms with Crippen LogP contribution in [0.25, 0.3) is 0 Å². The Hall–Kier alpha value is -0.810. The first kappa shape index (κ1) is 9.73. The molecule has 2 heterocycles. The molecule has 0 spiro atoms. The summed E-state index contributed by atoms with van der Waals surface area (Å²) in [5.74, 6) is 0.514. The largest absolute Gasteiger partial charge is 0.294 e. The number of carbonyl (C=O) groups excluding carboxylic acids is 1. The molecule has 1 atom stereocenters. The van der Waals surface area contributed by atoms with E-state index in [0.29, 0.717) is 18.8 Å². The van der Waals surface area contributed by atoms with Crippen LogP contribution in [-0.2, 0) is 4.79 Å². The molecule has 0 aromatic carbocycles. The summed E-state index contributed by atoms with van der Waals surface area (Å²) in [6.07, 6.45) is 3.40. The van der Waals surface area contributed by atoms with E-state index >= 15 is 0 Å². The standard InChI is InChI=1S/C8H8ClN3OS/c9-6-2-10-3-7(11-6)12-4-5(14)1-8(12)13/h2-3,5,14H,1,4H2. The summed E-state index contributed by atoms with van der Waals surface area (Å²) < 4.78 is 0. The molecule has 1 aromatic heterocycles. The predicted octanol–water partition coefficient (Wildman–Crippen LogP) is 1.17. The van der Waals surface area contributed by atoms with Crippen LogP contribution in [0.5, 0.6) is 0 Å². The third-order valence-corrected chi connectivity index (χ3v) is 2.50. The number of carbonyl (C=O) groups is 1. The van der Waals surface area contributed by atoms with Crippen LogP contribution in [0.2, 0.25) is 5.15 Å². The van der Waals surface area contributed by atoms with Crippen LogP contribution in [0.15, 0.2) is 12.4 Å². The van der Waals surface area contributed by atoms with E-state index < -0.39 is 0 Å². The van der Waals surface area contributed by atoms with Crippen molar-refractivity contribution >= 4 is 36.0 Å². The highest BCUT2D eigenvalue weighted by atomic mass is 35.5. The number of nitrogens with zero attached hydrogens (tertiary/aromatic N) is 3. The van der Waals surface area contributed by atoms with Crippen molar-refractivity contribution in [3.63, 3.8) is 0 Å². The van der Waals surface area contributed by atoms with E-state index in [1.54, 1.807) is 4.90 Å². The lowest BCUT2D eigenvalue weighted by Crippen LogP contribution is -2.25. The summed E-state index contributed by atoms with van der Waals surface area (Å²) in [5.41, 5.74) is 0. The number of rotatable bonds is 1. The Morgan fingerprint density at radius 1 is 1.57 bits per heavy atom. The zero-order valence-corrected chi connectivity index (χ0v) is 8.87. The SMILES string of the molecule is O=C1CC(S)CN1c1cncc(Cl)n1. The summed E-state index contributed by atoms with van der Waals surface area (Å²) >= 11 is 9.92. The molecule has 1 unspecified atom stereocenters. The Kier molecular flexibility index (Phi) is 2.60. The number of hydrogen-bond donors (Lipinski definition) is 1. The molecule has 74 valence electrons. The molecule has 6 heteroatoms. The Labute approximate surface area is 91.7 Å². The normalized spacial score (nSPS) is 21.7. The second kappa shape index (κ2) is 3.74. The van der Waals surface area contributed by atoms with E-state index in [-0.39, 0.29) is 16.3 Å². The van der Waals surface area contributed by atoms with Gasteiger partial charge in [-0.3, -0.25) is 14.7 Å². The summed E-state index contributed by atoms with van der Waals surface area (Å²) in [4.78, 5) is 20.9. The molecule has 0 radical (unpaired) electrons. The molecule has 1 amide bonds. The molecule has 0 aliphatic carbocycles. The first-order chi connectivity index (χ1) is 6.66. The van der Waals surface area contributed by atoms with Gasteiger partial charge < -0.3 is 0 Å². The van der Waals surface area contributed by atoms with Gasteiger partial charge in [0.05, 0.1) is 12.4 Å². The van der Waals surface area contributed by atoms with Gasteiger partial charge in [-0.2, -0.15) is 12.6 Å². The monoisotopic (exact) mass is 229 g/mol. The Bertz CT molecular complexity index is 373. The number of amides is 1. The number of hydrogen-bond acceptors (Lipinski definition) is 4. The molecule has 1 aromatic rings. The van der Waals surface area contributed by atoms with Gasteiger partial charge in [-0.05, 0) is 0 Å². The van der Waals surface area contributed by atoms with Gasteiger partial charge in [0.25, 0.3) is 0 Å². The molecule has 2 rings (SSSR count). The number of anilines is 1. The minimum Gasteiger partial charge on any atom is -0.294 e. The summed E-state index contributed by atoms with van der Waals surface area (Å²) in [6, 6.07) is 0. The molecule has 0 N–H and O–H groups in total. The molecule has 0 bridgehead atoms. The van der Waals surface area contributed by atoms with E-state index in [4.69, 9.17) is 11.6 Å². The molecule has 1 fully saturated rings. The van der Waals surface area contributed by atoms with Gasteiger partial charge in [-0.1, -0.05) is 11.6 Å². The second-order valence-corrected chi connectivity index (χ2v) is 4.18. The van der Waals surface area contributed by atoms with E-state index in [9.17, 15) is 4.79 Å². The van der Waals surface area contributed by atoms with Gasteiger partial charge in [-0.15, -0.1) is 0 Å². The molecule has 1 aliphatic heterocycles. The van der Waals surface area contributed by atoms with Crippen LogP contribution >= 0.6 is 24.2 Å². The fourth-order valence-corrected chi connectivity index (χ4v) is 1.84. The third-order valence-electron chi connectivity index (χ3n) is 1.97. The van der Waals surface area contributed by atoms with Crippen LogP contribution in [0, 0.1) is 0 Å². The summed E-state index contributed by atoms with van der Waals surface area (Å²) in [5, 5.41) is 0.362. The van der Waals surface area contributed by atoms with Crippen LogP contribution in [0.3, 0.4) is 0 Å². The van der Waals surface area contributed by atoms with Gasteiger partial charge in [0.1, 0.15) is 5.15 Å². The quantitative estimate of drug-likeness (QED) is 0.736. The molecule has 0 saturated carbocycles. The lowest BCUT2D eigenvalue weighted by molar-refractivity contribution is -0.117. The fraction of sp³-hybridized carbons (Fsp3) is 0.375. The average molecular weight is 230 g/mol. The molecule has 4 nitrogen and oxygen atoms in total. The maximum Gasteiger partial charge on any atom is 0.229 e. The molecular weight excluding hydrogens is 222 g/mol. The van der Waals surface area contributed by atoms with Crippen molar-refractivity contribution in [2.24, 2.45) is 0 Å². The van der Waals surface area contributed by atoms with Gasteiger partial charge in [0, 0.05) is 18.2 Å². The van der Waals surface area contributed by atoms with E-state index in [0.717, 1.165) is 0 Å². The van der Waals surface area contributed by atoms with E-state index in [2.05, 4.69) is 22.6 Å². The maximum atomic E-state index is 11.5. The lowest BCUT2D eigenvalue weighted by Gasteiger charge is -2.13. The van der Waals surface area contributed by atoms with Gasteiger partial charge in [0.2, 0.25) is 5.91 Å². The molecule has 1 aliphatic rings. The van der Waals surface area contributed by atoms with Crippen molar-refractivity contribution < 1.29 is 4.79 Å². The molecule has 14 heavy (non-hydrogen) atoms. The van der Waals surface area contributed by atoms with Crippen molar-refractivity contribution in [1.29, 1.82) is 0 Å². The van der Waals surface area contributed by atoms with Crippen LogP contribution < -0.4 is 4.90 Å². The van der Waals surface area contributed by atoms with Crippen molar-refractivity contribution in [2.75, 3.05) is 11.4 Å². The van der Waals surface area contributed by atoms with Crippen molar-refractivity contribution in [1.82, 2.24) is 9.97 Å². The van der Waals surface area contributed by atoms with Crippen LogP contribution in [-0.4, -0.2) is 27.7 Å². The van der Waals surface area contributed by atoms with Gasteiger partial charge >= 0.3 is 0 Å². The topological polar surface area (TPSA) is 46.1 Å².